The zero-order valence-electron chi connectivity index (χ0n) is 12.5. The van der Waals surface area contributed by atoms with E-state index in [1.54, 1.807) is 24.3 Å². The van der Waals surface area contributed by atoms with Crippen molar-refractivity contribution in [3.8, 4) is 11.5 Å². The standard InChI is InChI=1S/C15H12BrClN2O5S/c16-9-5-6-14(10(17)7-9)25(21,22)19-18-15(20)13-8-23-11-3-1-2-4-12(11)24-13/h1-7,13,19H,8H2,(H,18,20). The van der Waals surface area contributed by atoms with Crippen molar-refractivity contribution in [3.05, 3.63) is 52.0 Å². The van der Waals surface area contributed by atoms with E-state index in [1.165, 1.54) is 18.2 Å². The van der Waals surface area contributed by atoms with Gasteiger partial charge < -0.3 is 9.47 Å². The summed E-state index contributed by atoms with van der Waals surface area (Å²) in [4.78, 5) is 14.0. The quantitative estimate of drug-likeness (QED) is 0.701. The fourth-order valence-electron chi connectivity index (χ4n) is 2.09. The van der Waals surface area contributed by atoms with E-state index < -0.39 is 22.0 Å². The SMILES string of the molecule is O=C(NNS(=O)(=O)c1ccc(Br)cc1Cl)C1COc2ccccc2O1. The molecule has 10 heteroatoms. The minimum absolute atomic E-state index is 0.0160. The van der Waals surface area contributed by atoms with Crippen molar-refractivity contribution >= 4 is 43.5 Å². The average Bonchev–Trinajstić information content (AvgIpc) is 2.59. The smallest absolute Gasteiger partial charge is 0.279 e. The summed E-state index contributed by atoms with van der Waals surface area (Å²) < 4.78 is 36.1. The van der Waals surface area contributed by atoms with Crippen LogP contribution in [0.4, 0.5) is 0 Å². The molecule has 0 aliphatic carbocycles. The third-order valence-electron chi connectivity index (χ3n) is 3.29. The summed E-state index contributed by atoms with van der Waals surface area (Å²) in [6.07, 6.45) is -0.988. The number of rotatable bonds is 4. The monoisotopic (exact) mass is 446 g/mol. The number of carbonyl (C=O) groups is 1. The van der Waals surface area contributed by atoms with Crippen LogP contribution in [0.5, 0.6) is 11.5 Å². The van der Waals surface area contributed by atoms with Crippen molar-refractivity contribution in [1.82, 2.24) is 10.3 Å². The number of hydrazine groups is 1. The van der Waals surface area contributed by atoms with Gasteiger partial charge in [0.05, 0.1) is 5.02 Å². The molecule has 7 nitrogen and oxygen atoms in total. The minimum Gasteiger partial charge on any atom is -0.485 e. The van der Waals surface area contributed by atoms with E-state index in [2.05, 4.69) is 21.4 Å². The molecule has 1 unspecified atom stereocenters. The van der Waals surface area contributed by atoms with Gasteiger partial charge in [-0.15, -0.1) is 4.83 Å². The predicted octanol–water partition coefficient (Wildman–Crippen LogP) is 2.25. The number of carbonyl (C=O) groups excluding carboxylic acids is 1. The van der Waals surface area contributed by atoms with Gasteiger partial charge in [-0.1, -0.05) is 39.7 Å². The molecule has 2 aromatic carbocycles. The first-order valence-electron chi connectivity index (χ1n) is 7.02. The Morgan fingerprint density at radius 3 is 2.64 bits per heavy atom. The van der Waals surface area contributed by atoms with Crippen LogP contribution in [-0.4, -0.2) is 27.0 Å². The molecular weight excluding hydrogens is 436 g/mol. The molecule has 132 valence electrons. The molecule has 1 heterocycles. The van der Waals surface area contributed by atoms with Gasteiger partial charge in [-0.3, -0.25) is 10.2 Å². The second-order valence-electron chi connectivity index (χ2n) is 5.03. The van der Waals surface area contributed by atoms with Gasteiger partial charge in [0, 0.05) is 4.47 Å². The molecule has 2 N–H and O–H groups in total. The van der Waals surface area contributed by atoms with Crippen LogP contribution >= 0.6 is 27.5 Å². The molecule has 3 rings (SSSR count). The minimum atomic E-state index is -4.03. The maximum absolute atomic E-state index is 12.3. The summed E-state index contributed by atoms with van der Waals surface area (Å²) in [5, 5.41) is 0.0160. The highest BCUT2D eigenvalue weighted by Crippen LogP contribution is 2.31. The molecule has 0 aromatic heterocycles. The van der Waals surface area contributed by atoms with Crippen LogP contribution in [0, 0.1) is 0 Å². The van der Waals surface area contributed by atoms with Crippen LogP contribution in [0.2, 0.25) is 5.02 Å². The van der Waals surface area contributed by atoms with Crippen molar-refractivity contribution < 1.29 is 22.7 Å². The van der Waals surface area contributed by atoms with Crippen LogP contribution in [0.25, 0.3) is 0 Å². The molecule has 1 atom stereocenters. The molecule has 1 aliphatic heterocycles. The van der Waals surface area contributed by atoms with Crippen LogP contribution in [0.1, 0.15) is 0 Å². The average molecular weight is 448 g/mol. The zero-order chi connectivity index (χ0) is 18.0. The van der Waals surface area contributed by atoms with E-state index >= 15 is 0 Å². The molecule has 2 aromatic rings. The number of sulfonamides is 1. The molecule has 0 fully saturated rings. The maximum atomic E-state index is 12.3. The number of nitrogens with one attached hydrogen (secondary N) is 2. The highest BCUT2D eigenvalue weighted by Gasteiger charge is 2.28. The summed E-state index contributed by atoms with van der Waals surface area (Å²) in [7, 11) is -4.03. The number of benzene rings is 2. The number of hydrogen-bond acceptors (Lipinski definition) is 5. The van der Waals surface area contributed by atoms with Gasteiger partial charge in [-0.2, -0.15) is 0 Å². The first kappa shape index (κ1) is 18.0. The summed E-state index contributed by atoms with van der Waals surface area (Å²) in [5.74, 6) is 0.243. The zero-order valence-corrected chi connectivity index (χ0v) is 15.7. The molecule has 0 radical (unpaired) electrons. The topological polar surface area (TPSA) is 93.7 Å². The van der Waals surface area contributed by atoms with Gasteiger partial charge in [-0.05, 0) is 30.3 Å². The summed E-state index contributed by atoms with van der Waals surface area (Å²) >= 11 is 9.12. The Morgan fingerprint density at radius 2 is 1.92 bits per heavy atom. The molecule has 1 amide bonds. The highest BCUT2D eigenvalue weighted by molar-refractivity contribution is 9.10. The first-order valence-corrected chi connectivity index (χ1v) is 9.67. The van der Waals surface area contributed by atoms with E-state index in [-0.39, 0.29) is 16.5 Å². The third kappa shape index (κ3) is 4.06. The predicted molar refractivity (Wildman–Crippen MR) is 94.0 cm³/mol. The number of para-hydroxylation sites is 2. The Kier molecular flexibility index (Phi) is 5.19. The molecule has 0 spiro atoms. The Bertz CT molecular complexity index is 922. The number of hydrogen-bond donors (Lipinski definition) is 2. The third-order valence-corrected chi connectivity index (χ3v) is 5.52. The van der Waals surface area contributed by atoms with Gasteiger partial charge in [0.15, 0.2) is 11.5 Å². The first-order chi connectivity index (χ1) is 11.9. The van der Waals surface area contributed by atoms with Gasteiger partial charge >= 0.3 is 0 Å². The van der Waals surface area contributed by atoms with Gasteiger partial charge in [0.2, 0.25) is 6.10 Å². The normalized spacial score (nSPS) is 16.3. The van der Waals surface area contributed by atoms with Crippen LogP contribution < -0.4 is 19.7 Å². The van der Waals surface area contributed by atoms with Crippen molar-refractivity contribution in [2.45, 2.75) is 11.0 Å². The lowest BCUT2D eigenvalue weighted by Crippen LogP contribution is -2.50. The Hall–Kier alpha value is -1.81. The van der Waals surface area contributed by atoms with Crippen molar-refractivity contribution in [2.75, 3.05) is 6.61 Å². The Labute approximate surface area is 157 Å². The van der Waals surface area contributed by atoms with Crippen molar-refractivity contribution in [1.29, 1.82) is 0 Å². The van der Waals surface area contributed by atoms with E-state index in [4.69, 9.17) is 21.1 Å². The summed E-state index contributed by atoms with van der Waals surface area (Å²) in [5.41, 5.74) is 2.11. The molecule has 1 aliphatic rings. The van der Waals surface area contributed by atoms with Crippen LogP contribution in [0.3, 0.4) is 0 Å². The van der Waals surface area contributed by atoms with E-state index in [1.807, 2.05) is 4.83 Å². The van der Waals surface area contributed by atoms with Crippen LogP contribution in [-0.2, 0) is 14.8 Å². The second-order valence-corrected chi connectivity index (χ2v) is 8.01. The van der Waals surface area contributed by atoms with Gasteiger partial charge in [-0.25, -0.2) is 8.42 Å². The number of ether oxygens (including phenoxy) is 2. The highest BCUT2D eigenvalue weighted by atomic mass is 79.9. The number of amides is 1. The number of halogens is 2. The summed E-state index contributed by atoms with van der Waals surface area (Å²) in [6, 6.07) is 11.2. The lowest BCUT2D eigenvalue weighted by atomic mass is 10.2. The lowest BCUT2D eigenvalue weighted by molar-refractivity contribution is -0.130. The molecular formula is C15H12BrClN2O5S. The van der Waals surface area contributed by atoms with Gasteiger partial charge in [0.1, 0.15) is 11.5 Å². The van der Waals surface area contributed by atoms with E-state index in [9.17, 15) is 13.2 Å². The Morgan fingerprint density at radius 1 is 1.20 bits per heavy atom. The second kappa shape index (κ2) is 7.20. The van der Waals surface area contributed by atoms with Crippen LogP contribution in [0.15, 0.2) is 51.8 Å². The van der Waals surface area contributed by atoms with Crippen molar-refractivity contribution in [2.24, 2.45) is 0 Å². The maximum Gasteiger partial charge on any atom is 0.279 e. The van der Waals surface area contributed by atoms with Crippen molar-refractivity contribution in [3.63, 3.8) is 0 Å². The summed E-state index contributed by atoms with van der Waals surface area (Å²) in [6.45, 7) is -0.0381. The lowest BCUT2D eigenvalue weighted by Gasteiger charge is -2.25. The van der Waals surface area contributed by atoms with E-state index in [0.717, 1.165) is 0 Å². The molecule has 0 saturated heterocycles. The fraction of sp³-hybridized carbons (Fsp3) is 0.133. The Balaban J connectivity index is 1.66. The molecule has 0 saturated carbocycles. The largest absolute Gasteiger partial charge is 0.485 e. The molecule has 25 heavy (non-hydrogen) atoms. The molecule has 0 bridgehead atoms. The fourth-order valence-corrected chi connectivity index (χ4v) is 3.98. The number of fused-ring (bicyclic) bond motifs is 1. The van der Waals surface area contributed by atoms with E-state index in [0.29, 0.717) is 16.0 Å². The van der Waals surface area contributed by atoms with Gasteiger partial charge in [0.25, 0.3) is 15.9 Å².